The van der Waals surface area contributed by atoms with E-state index in [1.54, 1.807) is 0 Å². The van der Waals surface area contributed by atoms with E-state index in [0.717, 1.165) is 0 Å². The van der Waals surface area contributed by atoms with Crippen LogP contribution < -0.4 is 0 Å². The molecule has 10 aromatic carbocycles. The average Bonchev–Trinajstić information content (AvgIpc) is 3.81. The first-order valence-corrected chi connectivity index (χ1v) is 23.3. The second-order valence-electron chi connectivity index (χ2n) is 20.6. The minimum Gasteiger partial charge on any atom is -0.0619 e. The van der Waals surface area contributed by atoms with Gasteiger partial charge in [0.1, 0.15) is 0 Å². The van der Waals surface area contributed by atoms with Crippen molar-refractivity contribution in [2.24, 2.45) is 0 Å². The summed E-state index contributed by atoms with van der Waals surface area (Å²) in [5.41, 5.74) is 26.4. The standard InChI is InChI=1S/C65H50/c1-63(2)57-14-10-9-13-51(57)52-26-22-47(35-58(52)63)48-23-28-55-56-30-25-50(38-62(56)65(5,6)61(55)36-48)49-24-29-54-53-27-21-46(34-59(53)64(3,4)60(54)37-49)45-20-19-43-32-42(17-18-44(43)33-45)41-16-15-39-11-7-8-12-40(39)31-41/h7-38H,1-6H3. The fourth-order valence-electron chi connectivity index (χ4n) is 12.1. The molecule has 0 unspecified atom stereocenters. The Kier molecular flexibility index (Phi) is 7.86. The van der Waals surface area contributed by atoms with Crippen molar-refractivity contribution in [3.05, 3.63) is 228 Å². The summed E-state index contributed by atoms with van der Waals surface area (Å²) in [5.74, 6) is 0. The van der Waals surface area contributed by atoms with E-state index in [1.807, 2.05) is 0 Å². The van der Waals surface area contributed by atoms with Crippen molar-refractivity contribution in [2.75, 3.05) is 0 Å². The van der Waals surface area contributed by atoms with Gasteiger partial charge in [-0.3, -0.25) is 0 Å². The molecular formula is C65H50. The van der Waals surface area contributed by atoms with Crippen molar-refractivity contribution >= 4 is 21.5 Å². The van der Waals surface area contributed by atoms with Gasteiger partial charge in [0, 0.05) is 16.2 Å². The van der Waals surface area contributed by atoms with E-state index in [4.69, 9.17) is 0 Å². The van der Waals surface area contributed by atoms with Crippen LogP contribution in [0.1, 0.15) is 74.9 Å². The van der Waals surface area contributed by atoms with Crippen LogP contribution in [-0.2, 0) is 16.2 Å². The fourth-order valence-corrected chi connectivity index (χ4v) is 12.1. The van der Waals surface area contributed by atoms with Crippen molar-refractivity contribution in [3.8, 4) is 77.9 Å². The highest BCUT2D eigenvalue weighted by molar-refractivity contribution is 5.95. The lowest BCUT2D eigenvalue weighted by atomic mass is 9.79. The van der Waals surface area contributed by atoms with E-state index < -0.39 is 0 Å². The Hall–Kier alpha value is -7.28. The van der Waals surface area contributed by atoms with Gasteiger partial charge in [-0.25, -0.2) is 0 Å². The van der Waals surface area contributed by atoms with Gasteiger partial charge in [0.05, 0.1) is 0 Å². The highest BCUT2D eigenvalue weighted by Gasteiger charge is 2.39. The molecule has 0 atom stereocenters. The Labute approximate surface area is 382 Å². The molecule has 0 saturated carbocycles. The highest BCUT2D eigenvalue weighted by atomic mass is 14.4. The molecule has 3 aliphatic rings. The van der Waals surface area contributed by atoms with E-state index >= 15 is 0 Å². The molecular weight excluding hydrogens is 781 g/mol. The summed E-state index contributed by atoms with van der Waals surface area (Å²) in [5, 5.41) is 5.06. The molecule has 0 nitrogen and oxygen atoms in total. The first-order valence-electron chi connectivity index (χ1n) is 23.3. The Morgan fingerprint density at radius 2 is 0.446 bits per heavy atom. The van der Waals surface area contributed by atoms with E-state index in [1.165, 1.54) is 133 Å². The van der Waals surface area contributed by atoms with Crippen molar-refractivity contribution in [1.29, 1.82) is 0 Å². The molecule has 65 heavy (non-hydrogen) atoms. The van der Waals surface area contributed by atoms with Crippen molar-refractivity contribution in [1.82, 2.24) is 0 Å². The molecule has 0 aliphatic heterocycles. The zero-order valence-corrected chi connectivity index (χ0v) is 38.0. The summed E-state index contributed by atoms with van der Waals surface area (Å²) >= 11 is 0. The number of hydrogen-bond donors (Lipinski definition) is 0. The zero-order chi connectivity index (χ0) is 44.0. The van der Waals surface area contributed by atoms with Crippen LogP contribution in [0.4, 0.5) is 0 Å². The second-order valence-corrected chi connectivity index (χ2v) is 20.6. The molecule has 0 aromatic heterocycles. The van der Waals surface area contributed by atoms with Gasteiger partial charge < -0.3 is 0 Å². The summed E-state index contributed by atoms with van der Waals surface area (Å²) < 4.78 is 0. The third-order valence-electron chi connectivity index (χ3n) is 15.9. The first kappa shape index (κ1) is 38.2. The number of hydrogen-bond acceptors (Lipinski definition) is 0. The SMILES string of the molecule is CC1(C)c2ccccc2-c2ccc(-c3ccc4c(c3)C(C)(C)c3cc(-c5ccc6c(c5)C(C)(C)c5cc(-c7ccc8cc(-c9ccc%10ccccc%10c9)ccc8c7)ccc5-6)ccc3-4)cc21. The maximum absolute atomic E-state index is 2.48. The average molecular weight is 831 g/mol. The van der Waals surface area contributed by atoms with E-state index in [2.05, 4.69) is 236 Å². The number of rotatable bonds is 4. The van der Waals surface area contributed by atoms with E-state index in [9.17, 15) is 0 Å². The first-order chi connectivity index (χ1) is 31.4. The van der Waals surface area contributed by atoms with E-state index in [0.29, 0.717) is 0 Å². The molecule has 0 spiro atoms. The van der Waals surface area contributed by atoms with Gasteiger partial charge in [0.15, 0.2) is 0 Å². The summed E-state index contributed by atoms with van der Waals surface area (Å²) in [6.07, 6.45) is 0. The minimum absolute atomic E-state index is 0.0210. The second kappa shape index (κ2) is 13.4. The molecule has 13 rings (SSSR count). The molecule has 0 saturated heterocycles. The van der Waals surface area contributed by atoms with Crippen molar-refractivity contribution in [2.45, 2.75) is 57.8 Å². The zero-order valence-electron chi connectivity index (χ0n) is 38.0. The molecule has 0 radical (unpaired) electrons. The lowest BCUT2D eigenvalue weighted by Gasteiger charge is -2.24. The quantitative estimate of drug-likeness (QED) is 0.166. The van der Waals surface area contributed by atoms with Gasteiger partial charge >= 0.3 is 0 Å². The Morgan fingerprint density at radius 3 is 0.831 bits per heavy atom. The maximum Gasteiger partial charge on any atom is 0.0159 e. The van der Waals surface area contributed by atoms with Crippen molar-refractivity contribution < 1.29 is 0 Å². The fraction of sp³-hybridized carbons (Fsp3) is 0.138. The van der Waals surface area contributed by atoms with Crippen LogP contribution in [-0.4, -0.2) is 0 Å². The maximum atomic E-state index is 2.48. The highest BCUT2D eigenvalue weighted by Crippen LogP contribution is 2.54. The van der Waals surface area contributed by atoms with Gasteiger partial charge in [-0.2, -0.15) is 0 Å². The third kappa shape index (κ3) is 5.56. The monoisotopic (exact) mass is 830 g/mol. The van der Waals surface area contributed by atoms with Crippen LogP contribution in [0.15, 0.2) is 194 Å². The molecule has 0 N–H and O–H groups in total. The van der Waals surface area contributed by atoms with Crippen LogP contribution in [0.3, 0.4) is 0 Å². The largest absolute Gasteiger partial charge is 0.0619 e. The van der Waals surface area contributed by atoms with Gasteiger partial charge in [-0.1, -0.05) is 187 Å². The smallest absolute Gasteiger partial charge is 0.0159 e. The number of fused-ring (bicyclic) bond motifs is 11. The van der Waals surface area contributed by atoms with Crippen molar-refractivity contribution in [3.63, 3.8) is 0 Å². The molecule has 3 aliphatic carbocycles. The predicted molar refractivity (Wildman–Crippen MR) is 276 cm³/mol. The molecule has 0 amide bonds. The predicted octanol–water partition coefficient (Wildman–Crippen LogP) is 17.6. The van der Waals surface area contributed by atoms with Crippen LogP contribution in [0.2, 0.25) is 0 Å². The van der Waals surface area contributed by atoms with Gasteiger partial charge in [-0.15, -0.1) is 0 Å². The van der Waals surface area contributed by atoms with E-state index in [-0.39, 0.29) is 16.2 Å². The Bertz CT molecular complexity index is 3680. The summed E-state index contributed by atoms with van der Waals surface area (Å²) in [6, 6.07) is 73.9. The molecule has 0 bridgehead atoms. The van der Waals surface area contributed by atoms with Gasteiger partial charge in [0.2, 0.25) is 0 Å². The van der Waals surface area contributed by atoms with Crippen LogP contribution >= 0.6 is 0 Å². The Morgan fingerprint density at radius 1 is 0.200 bits per heavy atom. The van der Waals surface area contributed by atoms with Crippen LogP contribution in [0.25, 0.3) is 99.4 Å². The van der Waals surface area contributed by atoms with Crippen LogP contribution in [0, 0.1) is 0 Å². The summed E-state index contributed by atoms with van der Waals surface area (Å²) in [6.45, 7) is 14.4. The molecule has 0 fully saturated rings. The summed E-state index contributed by atoms with van der Waals surface area (Å²) in [4.78, 5) is 0. The molecule has 310 valence electrons. The Balaban J connectivity index is 0.790. The normalized spacial score (nSPS) is 15.3. The number of benzene rings is 10. The van der Waals surface area contributed by atoms with Crippen LogP contribution in [0.5, 0.6) is 0 Å². The third-order valence-corrected chi connectivity index (χ3v) is 15.9. The summed E-state index contributed by atoms with van der Waals surface area (Å²) in [7, 11) is 0. The minimum atomic E-state index is -0.138. The molecule has 10 aromatic rings. The molecule has 0 heteroatoms. The van der Waals surface area contributed by atoms with Gasteiger partial charge in [0.25, 0.3) is 0 Å². The lowest BCUT2D eigenvalue weighted by Crippen LogP contribution is -2.16. The van der Waals surface area contributed by atoms with Gasteiger partial charge in [-0.05, 0) is 181 Å². The topological polar surface area (TPSA) is 0 Å². The molecule has 0 heterocycles. The lowest BCUT2D eigenvalue weighted by molar-refractivity contribution is 0.659.